The zero-order valence-corrected chi connectivity index (χ0v) is 21.5. The Bertz CT molecular complexity index is 1600. The number of Topliss-reactive ketones (excluding diaryl/α,β-unsaturated/α-hetero) is 1. The highest BCUT2D eigenvalue weighted by Gasteiger charge is 2.44. The molecule has 0 radical (unpaired) electrons. The van der Waals surface area contributed by atoms with Gasteiger partial charge in [-0.25, -0.2) is 13.6 Å². The van der Waals surface area contributed by atoms with Crippen molar-refractivity contribution in [3.8, 4) is 0 Å². The van der Waals surface area contributed by atoms with Gasteiger partial charge >= 0.3 is 6.09 Å². The van der Waals surface area contributed by atoms with Gasteiger partial charge in [0.1, 0.15) is 5.60 Å². The topological polar surface area (TPSA) is 72.8 Å². The number of benzene rings is 3. The van der Waals surface area contributed by atoms with Crippen LogP contribution in [0.5, 0.6) is 0 Å². The quantitative estimate of drug-likeness (QED) is 0.279. The van der Waals surface area contributed by atoms with Crippen molar-refractivity contribution in [1.82, 2.24) is 9.63 Å². The third-order valence-corrected chi connectivity index (χ3v) is 7.59. The second kappa shape index (κ2) is 10.1. The van der Waals surface area contributed by atoms with Crippen LogP contribution >= 0.6 is 11.6 Å². The molecule has 2 aliphatic heterocycles. The van der Waals surface area contributed by atoms with Crippen molar-refractivity contribution < 1.29 is 27.9 Å². The Morgan fingerprint density at radius 2 is 1.85 bits per heavy atom. The maximum Gasteiger partial charge on any atom is 0.412 e. The van der Waals surface area contributed by atoms with E-state index in [1.807, 2.05) is 41.6 Å². The number of rotatable bonds is 6. The fourth-order valence-corrected chi connectivity index (χ4v) is 5.53. The predicted octanol–water partition coefficient (Wildman–Crippen LogP) is 6.44. The first kappa shape index (κ1) is 25.5. The minimum absolute atomic E-state index is 0.0764. The van der Waals surface area contributed by atoms with E-state index in [1.54, 1.807) is 16.7 Å². The summed E-state index contributed by atoms with van der Waals surface area (Å²) < 4.78 is 34.5. The summed E-state index contributed by atoms with van der Waals surface area (Å²) >= 11 is 6.24. The molecule has 7 nitrogen and oxygen atoms in total. The molecule has 0 saturated carbocycles. The lowest BCUT2D eigenvalue weighted by atomic mass is 9.83. The van der Waals surface area contributed by atoms with Crippen LogP contribution in [0.4, 0.5) is 19.3 Å². The fourth-order valence-electron chi connectivity index (χ4n) is 5.37. The third-order valence-electron chi connectivity index (χ3n) is 7.36. The molecule has 2 aliphatic rings. The molecule has 3 aromatic carbocycles. The molecular weight excluding hydrogens is 528 g/mol. The van der Waals surface area contributed by atoms with Crippen molar-refractivity contribution in [3.05, 3.63) is 100 Å². The van der Waals surface area contributed by atoms with Gasteiger partial charge in [0.25, 0.3) is 0 Å². The second-order valence-electron chi connectivity index (χ2n) is 9.75. The number of nitrogens with zero attached hydrogens (tertiary/aromatic N) is 2. The minimum atomic E-state index is -1.07. The standard InChI is InChI=1S/C29H24ClF2N3O4/c30-20-6-7-21-19(15-34(26(21)14-20)16-27(36)18-5-8-23(31)24(32)13-18)17-38-35-11-9-29(10-12-35)22-3-1-2-4-25(22)33-28(37)39-29/h1-8,13-15H,9-12,16-17H2,(H,33,37). The van der Waals surface area contributed by atoms with Crippen LogP contribution in [0.3, 0.4) is 0 Å². The molecule has 200 valence electrons. The first-order valence-corrected chi connectivity index (χ1v) is 12.9. The van der Waals surface area contributed by atoms with E-state index in [4.69, 9.17) is 21.2 Å². The van der Waals surface area contributed by atoms with Crippen molar-refractivity contribution in [2.24, 2.45) is 0 Å². The van der Waals surface area contributed by atoms with Gasteiger partial charge in [0.05, 0.1) is 24.4 Å². The Morgan fingerprint density at radius 3 is 2.64 bits per heavy atom. The molecule has 4 aromatic rings. The first-order chi connectivity index (χ1) is 18.8. The second-order valence-corrected chi connectivity index (χ2v) is 10.2. The van der Waals surface area contributed by atoms with Gasteiger partial charge in [-0.3, -0.25) is 14.9 Å². The van der Waals surface area contributed by atoms with Gasteiger partial charge in [0.15, 0.2) is 17.4 Å². The Balaban J connectivity index is 1.17. The van der Waals surface area contributed by atoms with Crippen LogP contribution in [0.2, 0.25) is 5.02 Å². The lowest BCUT2D eigenvalue weighted by Gasteiger charge is -2.43. The van der Waals surface area contributed by atoms with E-state index < -0.39 is 23.3 Å². The van der Waals surface area contributed by atoms with Crippen LogP contribution in [-0.2, 0) is 28.3 Å². The summed E-state index contributed by atoms with van der Waals surface area (Å²) in [5.74, 6) is -2.44. The number of aromatic nitrogens is 1. The molecule has 6 rings (SSSR count). The molecule has 1 amide bonds. The summed E-state index contributed by atoms with van der Waals surface area (Å²) in [5, 5.41) is 6.00. The molecule has 1 saturated heterocycles. The number of carbonyl (C=O) groups excluding carboxylic acids is 2. The molecule has 1 N–H and O–H groups in total. The molecule has 0 bridgehead atoms. The number of hydrogen-bond acceptors (Lipinski definition) is 5. The van der Waals surface area contributed by atoms with E-state index >= 15 is 0 Å². The highest BCUT2D eigenvalue weighted by Crippen LogP contribution is 2.43. The number of hydrogen-bond donors (Lipinski definition) is 1. The SMILES string of the molecule is O=C1Nc2ccccc2C2(CCN(OCc3cn(CC(=O)c4ccc(F)c(F)c4)c4cc(Cl)ccc34)CC2)O1. The zero-order chi connectivity index (χ0) is 27.1. The van der Waals surface area contributed by atoms with E-state index in [1.165, 1.54) is 6.07 Å². The molecule has 1 fully saturated rings. The molecule has 1 spiro atoms. The van der Waals surface area contributed by atoms with Crippen molar-refractivity contribution >= 4 is 40.1 Å². The molecule has 1 aromatic heterocycles. The molecule has 3 heterocycles. The van der Waals surface area contributed by atoms with Crippen LogP contribution in [-0.4, -0.2) is 34.6 Å². The maximum atomic E-state index is 13.7. The van der Waals surface area contributed by atoms with E-state index in [2.05, 4.69) is 5.32 Å². The van der Waals surface area contributed by atoms with Crippen molar-refractivity contribution in [3.63, 3.8) is 0 Å². The number of hydroxylamine groups is 2. The molecule has 10 heteroatoms. The smallest absolute Gasteiger partial charge is 0.412 e. The Hall–Kier alpha value is -3.79. The van der Waals surface area contributed by atoms with Gasteiger partial charge in [-0.15, -0.1) is 0 Å². The normalized spacial score (nSPS) is 16.6. The van der Waals surface area contributed by atoms with E-state index in [-0.39, 0.29) is 24.5 Å². The van der Waals surface area contributed by atoms with Gasteiger partial charge < -0.3 is 9.30 Å². The molecular formula is C29H24ClF2N3O4. The van der Waals surface area contributed by atoms with E-state index in [0.29, 0.717) is 31.0 Å². The van der Waals surface area contributed by atoms with Crippen LogP contribution < -0.4 is 5.32 Å². The number of piperidine rings is 1. The van der Waals surface area contributed by atoms with Gasteiger partial charge in [-0.1, -0.05) is 35.9 Å². The van der Waals surface area contributed by atoms with Crippen LogP contribution in [0.1, 0.15) is 34.3 Å². The Morgan fingerprint density at radius 1 is 1.05 bits per heavy atom. The Labute approximate surface area is 227 Å². The summed E-state index contributed by atoms with van der Waals surface area (Å²) in [6.45, 7) is 1.28. The number of ether oxygens (including phenoxy) is 1. The zero-order valence-electron chi connectivity index (χ0n) is 20.8. The molecule has 0 atom stereocenters. The average molecular weight is 552 g/mol. The van der Waals surface area contributed by atoms with E-state index in [9.17, 15) is 18.4 Å². The summed E-state index contributed by atoms with van der Waals surface area (Å²) in [4.78, 5) is 31.2. The largest absolute Gasteiger partial charge is 0.438 e. The first-order valence-electron chi connectivity index (χ1n) is 12.5. The maximum absolute atomic E-state index is 13.7. The molecule has 0 aliphatic carbocycles. The third kappa shape index (κ3) is 4.89. The Kier molecular flexibility index (Phi) is 6.58. The lowest BCUT2D eigenvalue weighted by Crippen LogP contribution is -2.48. The van der Waals surface area contributed by atoms with Crippen molar-refractivity contribution in [1.29, 1.82) is 0 Å². The molecule has 0 unspecified atom stereocenters. The highest BCUT2D eigenvalue weighted by molar-refractivity contribution is 6.31. The van der Waals surface area contributed by atoms with E-state index in [0.717, 1.165) is 39.8 Å². The number of anilines is 1. The van der Waals surface area contributed by atoms with Gasteiger partial charge in [0.2, 0.25) is 0 Å². The number of para-hydroxylation sites is 1. The van der Waals surface area contributed by atoms with Gasteiger partial charge in [0, 0.05) is 59.2 Å². The number of amides is 1. The van der Waals surface area contributed by atoms with Crippen molar-refractivity contribution in [2.45, 2.75) is 31.6 Å². The van der Waals surface area contributed by atoms with Crippen LogP contribution in [0.15, 0.2) is 66.9 Å². The highest BCUT2D eigenvalue weighted by atomic mass is 35.5. The van der Waals surface area contributed by atoms with Gasteiger partial charge in [-0.05, 0) is 36.4 Å². The number of ketones is 1. The number of halogens is 3. The minimum Gasteiger partial charge on any atom is -0.438 e. The average Bonchev–Trinajstić information content (AvgIpc) is 3.26. The summed E-state index contributed by atoms with van der Waals surface area (Å²) in [5.41, 5.74) is 2.71. The number of nitrogens with one attached hydrogen (secondary N) is 1. The van der Waals surface area contributed by atoms with Crippen LogP contribution in [0, 0.1) is 11.6 Å². The number of carbonyl (C=O) groups is 2. The monoisotopic (exact) mass is 551 g/mol. The number of fused-ring (bicyclic) bond motifs is 3. The predicted molar refractivity (Wildman–Crippen MR) is 141 cm³/mol. The van der Waals surface area contributed by atoms with Gasteiger partial charge in [-0.2, -0.15) is 5.06 Å². The lowest BCUT2D eigenvalue weighted by molar-refractivity contribution is -0.203. The fraction of sp³-hybridized carbons (Fsp3) is 0.241. The van der Waals surface area contributed by atoms with Crippen LogP contribution in [0.25, 0.3) is 10.9 Å². The molecule has 39 heavy (non-hydrogen) atoms. The summed E-state index contributed by atoms with van der Waals surface area (Å²) in [6.07, 6.45) is 2.52. The van der Waals surface area contributed by atoms with Crippen molar-refractivity contribution in [2.75, 3.05) is 18.4 Å². The summed E-state index contributed by atoms with van der Waals surface area (Å²) in [7, 11) is 0. The summed E-state index contributed by atoms with van der Waals surface area (Å²) in [6, 6.07) is 16.2.